The van der Waals surface area contributed by atoms with Crippen LogP contribution in [-0.2, 0) is 6.42 Å². The van der Waals surface area contributed by atoms with Crippen molar-refractivity contribution in [1.29, 1.82) is 0 Å². The van der Waals surface area contributed by atoms with Crippen LogP contribution < -0.4 is 5.32 Å². The second-order valence-corrected chi connectivity index (χ2v) is 6.27. The highest BCUT2D eigenvalue weighted by Gasteiger charge is 2.17. The summed E-state index contributed by atoms with van der Waals surface area (Å²) in [5, 5.41) is 14.6. The second kappa shape index (κ2) is 7.85. The predicted molar refractivity (Wildman–Crippen MR) is 77.2 cm³/mol. The number of rotatable bonds is 5. The van der Waals surface area contributed by atoms with Gasteiger partial charge in [-0.3, -0.25) is 0 Å². The number of likely N-dealkylation sites (N-methyl/N-ethyl adjacent to an activating group) is 1. The minimum absolute atomic E-state index is 0.690. The van der Waals surface area contributed by atoms with Crippen molar-refractivity contribution in [2.75, 3.05) is 13.1 Å². The highest BCUT2D eigenvalue weighted by molar-refractivity contribution is 7.11. The molecule has 1 aromatic heterocycles. The molecule has 1 N–H and O–H groups in total. The highest BCUT2D eigenvalue weighted by Crippen LogP contribution is 2.32. The number of aromatic nitrogens is 2. The van der Waals surface area contributed by atoms with Crippen molar-refractivity contribution < 1.29 is 0 Å². The average molecular weight is 267 g/mol. The molecule has 2 rings (SSSR count). The summed E-state index contributed by atoms with van der Waals surface area (Å²) in [7, 11) is 0. The SMILES string of the molecule is CCNCCc1nnc(C2CCCCCCC2)s1. The standard InChI is InChI=1S/C14H25N3S/c1-2-15-11-10-13-16-17-14(18-13)12-8-6-4-3-5-7-9-12/h12,15H,2-11H2,1H3. The Kier molecular flexibility index (Phi) is 6.08. The Morgan fingerprint density at radius 3 is 2.56 bits per heavy atom. The lowest BCUT2D eigenvalue weighted by atomic mass is 9.92. The van der Waals surface area contributed by atoms with Gasteiger partial charge in [0.25, 0.3) is 0 Å². The van der Waals surface area contributed by atoms with Crippen LogP contribution in [0.5, 0.6) is 0 Å². The first kappa shape index (κ1) is 13.9. The van der Waals surface area contributed by atoms with E-state index in [2.05, 4.69) is 22.4 Å². The Balaban J connectivity index is 1.86. The molecule has 1 aliphatic carbocycles. The summed E-state index contributed by atoms with van der Waals surface area (Å²) in [6, 6.07) is 0. The van der Waals surface area contributed by atoms with E-state index in [9.17, 15) is 0 Å². The van der Waals surface area contributed by atoms with Gasteiger partial charge in [-0.25, -0.2) is 0 Å². The van der Waals surface area contributed by atoms with Gasteiger partial charge < -0.3 is 5.32 Å². The summed E-state index contributed by atoms with van der Waals surface area (Å²) in [5.74, 6) is 0.690. The fraction of sp³-hybridized carbons (Fsp3) is 0.857. The molecule has 0 aliphatic heterocycles. The van der Waals surface area contributed by atoms with Gasteiger partial charge in [0.1, 0.15) is 10.0 Å². The zero-order valence-corrected chi connectivity index (χ0v) is 12.3. The van der Waals surface area contributed by atoms with Gasteiger partial charge in [0.2, 0.25) is 0 Å². The summed E-state index contributed by atoms with van der Waals surface area (Å²) in [5.41, 5.74) is 0. The van der Waals surface area contributed by atoms with E-state index in [-0.39, 0.29) is 0 Å². The van der Waals surface area contributed by atoms with Crippen molar-refractivity contribution in [2.45, 2.75) is 64.2 Å². The third-order valence-corrected chi connectivity index (χ3v) is 4.85. The molecule has 0 unspecified atom stereocenters. The van der Waals surface area contributed by atoms with Gasteiger partial charge in [0.15, 0.2) is 0 Å². The number of hydrogen-bond acceptors (Lipinski definition) is 4. The smallest absolute Gasteiger partial charge is 0.120 e. The summed E-state index contributed by atoms with van der Waals surface area (Å²) in [4.78, 5) is 0. The Hall–Kier alpha value is -0.480. The molecule has 0 radical (unpaired) electrons. The van der Waals surface area contributed by atoms with Crippen molar-refractivity contribution in [3.8, 4) is 0 Å². The molecular formula is C14H25N3S. The monoisotopic (exact) mass is 267 g/mol. The summed E-state index contributed by atoms with van der Waals surface area (Å²) >= 11 is 1.84. The van der Waals surface area contributed by atoms with Crippen molar-refractivity contribution in [1.82, 2.24) is 15.5 Å². The predicted octanol–water partition coefficient (Wildman–Crippen LogP) is 3.52. The van der Waals surface area contributed by atoms with Crippen molar-refractivity contribution >= 4 is 11.3 Å². The number of nitrogens with zero attached hydrogens (tertiary/aromatic N) is 2. The molecule has 0 atom stereocenters. The van der Waals surface area contributed by atoms with E-state index in [4.69, 9.17) is 0 Å². The maximum atomic E-state index is 4.43. The maximum Gasteiger partial charge on any atom is 0.120 e. The fourth-order valence-electron chi connectivity index (χ4n) is 2.61. The number of hydrogen-bond donors (Lipinski definition) is 1. The van der Waals surface area contributed by atoms with Crippen molar-refractivity contribution in [3.63, 3.8) is 0 Å². The van der Waals surface area contributed by atoms with E-state index in [1.165, 1.54) is 55.0 Å². The summed E-state index contributed by atoms with van der Waals surface area (Å²) in [6.45, 7) is 4.20. The third kappa shape index (κ3) is 4.32. The van der Waals surface area contributed by atoms with Gasteiger partial charge in [-0.15, -0.1) is 21.5 Å². The highest BCUT2D eigenvalue weighted by atomic mass is 32.1. The molecule has 0 aromatic carbocycles. The van der Waals surface area contributed by atoms with Crippen LogP contribution in [-0.4, -0.2) is 23.3 Å². The van der Waals surface area contributed by atoms with Crippen LogP contribution in [0.15, 0.2) is 0 Å². The minimum Gasteiger partial charge on any atom is -0.317 e. The van der Waals surface area contributed by atoms with E-state index < -0.39 is 0 Å². The first-order valence-electron chi connectivity index (χ1n) is 7.43. The van der Waals surface area contributed by atoms with E-state index in [0.29, 0.717) is 5.92 Å². The first-order chi connectivity index (χ1) is 8.90. The van der Waals surface area contributed by atoms with E-state index in [1.807, 2.05) is 11.3 Å². The fourth-order valence-corrected chi connectivity index (χ4v) is 3.62. The Morgan fingerprint density at radius 1 is 1.11 bits per heavy atom. The lowest BCUT2D eigenvalue weighted by molar-refractivity contribution is 0.453. The zero-order chi connectivity index (χ0) is 12.6. The zero-order valence-electron chi connectivity index (χ0n) is 11.5. The quantitative estimate of drug-likeness (QED) is 0.830. The molecule has 3 nitrogen and oxygen atoms in total. The van der Waals surface area contributed by atoms with Gasteiger partial charge in [-0.05, 0) is 19.4 Å². The van der Waals surface area contributed by atoms with E-state index >= 15 is 0 Å². The van der Waals surface area contributed by atoms with Crippen LogP contribution >= 0.6 is 11.3 Å². The average Bonchev–Trinajstić information content (AvgIpc) is 2.78. The molecule has 102 valence electrons. The van der Waals surface area contributed by atoms with Gasteiger partial charge in [-0.1, -0.05) is 39.0 Å². The summed E-state index contributed by atoms with van der Waals surface area (Å²) in [6.07, 6.45) is 10.7. The van der Waals surface area contributed by atoms with Crippen LogP contribution in [0, 0.1) is 0 Å². The lowest BCUT2D eigenvalue weighted by Crippen LogP contribution is -2.15. The minimum atomic E-state index is 0.690. The third-order valence-electron chi connectivity index (χ3n) is 3.70. The maximum absolute atomic E-state index is 4.43. The molecule has 18 heavy (non-hydrogen) atoms. The topological polar surface area (TPSA) is 37.8 Å². The van der Waals surface area contributed by atoms with E-state index in [1.54, 1.807) is 0 Å². The van der Waals surface area contributed by atoms with Crippen molar-refractivity contribution in [3.05, 3.63) is 10.0 Å². The van der Waals surface area contributed by atoms with Crippen LogP contribution in [0.25, 0.3) is 0 Å². The molecule has 1 aromatic rings. The van der Waals surface area contributed by atoms with Gasteiger partial charge >= 0.3 is 0 Å². The molecule has 4 heteroatoms. The van der Waals surface area contributed by atoms with Crippen LogP contribution in [0.4, 0.5) is 0 Å². The molecular weight excluding hydrogens is 242 g/mol. The normalized spacial score (nSPS) is 18.5. The first-order valence-corrected chi connectivity index (χ1v) is 8.24. The lowest BCUT2D eigenvalue weighted by Gasteiger charge is -2.16. The largest absolute Gasteiger partial charge is 0.317 e. The van der Waals surface area contributed by atoms with Crippen LogP contribution in [0.2, 0.25) is 0 Å². The van der Waals surface area contributed by atoms with E-state index in [0.717, 1.165) is 19.5 Å². The summed E-state index contributed by atoms with van der Waals surface area (Å²) < 4.78 is 0. The molecule has 0 bridgehead atoms. The molecule has 1 fully saturated rings. The van der Waals surface area contributed by atoms with Gasteiger partial charge in [0, 0.05) is 18.9 Å². The molecule has 0 saturated heterocycles. The van der Waals surface area contributed by atoms with Gasteiger partial charge in [0.05, 0.1) is 0 Å². The number of nitrogens with one attached hydrogen (secondary N) is 1. The molecule has 1 aliphatic rings. The Labute approximate surface area is 114 Å². The molecule has 1 saturated carbocycles. The van der Waals surface area contributed by atoms with Crippen molar-refractivity contribution in [2.24, 2.45) is 0 Å². The molecule has 1 heterocycles. The van der Waals surface area contributed by atoms with Gasteiger partial charge in [-0.2, -0.15) is 0 Å². The Bertz CT molecular complexity index is 330. The van der Waals surface area contributed by atoms with Crippen LogP contribution in [0.3, 0.4) is 0 Å². The van der Waals surface area contributed by atoms with Crippen LogP contribution in [0.1, 0.15) is 67.8 Å². The molecule has 0 spiro atoms. The second-order valence-electron chi connectivity index (χ2n) is 5.18. The molecule has 0 amide bonds. The Morgan fingerprint density at radius 2 is 1.83 bits per heavy atom.